The molecular formula is C10H12BrN3O. The number of nitrogens with two attached hydrogens (primary N) is 1. The summed E-state index contributed by atoms with van der Waals surface area (Å²) >= 11 is 3.43. The second-order valence-corrected chi connectivity index (χ2v) is 4.08. The van der Waals surface area contributed by atoms with Crippen LogP contribution in [0.25, 0.3) is 10.9 Å². The van der Waals surface area contributed by atoms with E-state index in [2.05, 4.69) is 21.0 Å². The third-order valence-electron chi connectivity index (χ3n) is 2.26. The van der Waals surface area contributed by atoms with Gasteiger partial charge in [0, 0.05) is 6.54 Å². The molecule has 4 nitrogen and oxygen atoms in total. The van der Waals surface area contributed by atoms with Crippen LogP contribution in [0, 0.1) is 0 Å². The molecule has 15 heavy (non-hydrogen) atoms. The van der Waals surface area contributed by atoms with Crippen LogP contribution in [0.3, 0.4) is 0 Å². The molecular weight excluding hydrogens is 258 g/mol. The van der Waals surface area contributed by atoms with Crippen molar-refractivity contribution in [3.8, 4) is 5.75 Å². The van der Waals surface area contributed by atoms with Gasteiger partial charge in [-0.3, -0.25) is 4.68 Å². The lowest BCUT2D eigenvalue weighted by molar-refractivity contribution is 0.481. The van der Waals surface area contributed by atoms with Crippen LogP contribution in [-0.2, 0) is 6.54 Å². The van der Waals surface area contributed by atoms with Gasteiger partial charge < -0.3 is 10.8 Å². The van der Waals surface area contributed by atoms with E-state index in [1.807, 2.05) is 10.7 Å². The minimum absolute atomic E-state index is 0.248. The first-order valence-corrected chi connectivity index (χ1v) is 5.57. The number of phenols is 1. The maximum Gasteiger partial charge on any atom is 0.127 e. The summed E-state index contributed by atoms with van der Waals surface area (Å²) in [6.45, 7) is 1.39. The number of nitrogens with zero attached hydrogens (tertiary/aromatic N) is 2. The summed E-state index contributed by atoms with van der Waals surface area (Å²) in [6.07, 6.45) is 0.868. The number of rotatable bonds is 3. The highest BCUT2D eigenvalue weighted by molar-refractivity contribution is 9.10. The van der Waals surface area contributed by atoms with Crippen molar-refractivity contribution < 1.29 is 5.11 Å². The first kappa shape index (κ1) is 10.4. The molecule has 0 saturated heterocycles. The Kier molecular flexibility index (Phi) is 2.93. The smallest absolute Gasteiger partial charge is 0.127 e. The van der Waals surface area contributed by atoms with E-state index in [1.54, 1.807) is 12.1 Å². The zero-order valence-electron chi connectivity index (χ0n) is 8.15. The zero-order valence-corrected chi connectivity index (χ0v) is 9.74. The van der Waals surface area contributed by atoms with Gasteiger partial charge in [-0.1, -0.05) is 6.07 Å². The van der Waals surface area contributed by atoms with Gasteiger partial charge in [-0.05, 0) is 41.0 Å². The molecule has 0 saturated carbocycles. The van der Waals surface area contributed by atoms with Gasteiger partial charge in [0.1, 0.15) is 10.4 Å². The molecule has 1 heterocycles. The molecule has 0 unspecified atom stereocenters. The van der Waals surface area contributed by atoms with Gasteiger partial charge >= 0.3 is 0 Å². The molecule has 3 N–H and O–H groups in total. The molecule has 0 fully saturated rings. The van der Waals surface area contributed by atoms with Crippen LogP contribution in [0.1, 0.15) is 6.42 Å². The maximum atomic E-state index is 9.68. The van der Waals surface area contributed by atoms with Crippen molar-refractivity contribution >= 4 is 26.8 Å². The molecule has 0 aliphatic rings. The first-order valence-electron chi connectivity index (χ1n) is 4.78. The van der Waals surface area contributed by atoms with Gasteiger partial charge in [-0.2, -0.15) is 5.10 Å². The van der Waals surface area contributed by atoms with E-state index in [-0.39, 0.29) is 5.75 Å². The number of hydrogen-bond acceptors (Lipinski definition) is 3. The second kappa shape index (κ2) is 4.20. The summed E-state index contributed by atoms with van der Waals surface area (Å²) in [4.78, 5) is 0. The predicted octanol–water partition coefficient (Wildman–Crippen LogP) is 1.85. The number of fused-ring (bicyclic) bond motifs is 1. The lowest BCUT2D eigenvalue weighted by Crippen LogP contribution is -2.06. The number of halogens is 1. The van der Waals surface area contributed by atoms with Crippen molar-refractivity contribution in [3.63, 3.8) is 0 Å². The normalized spacial score (nSPS) is 11.1. The van der Waals surface area contributed by atoms with Gasteiger partial charge in [-0.25, -0.2) is 0 Å². The van der Waals surface area contributed by atoms with Crippen LogP contribution in [-0.4, -0.2) is 21.4 Å². The standard InChI is InChI=1S/C10H12BrN3O/c11-10-9-7(3-1-4-8(9)15)13-14(10)6-2-5-12/h1,3-4,15H,2,5-6,12H2. The molecule has 80 valence electrons. The fourth-order valence-electron chi connectivity index (χ4n) is 1.52. The lowest BCUT2D eigenvalue weighted by Gasteiger charge is -2.00. The van der Waals surface area contributed by atoms with Gasteiger partial charge in [-0.15, -0.1) is 0 Å². The molecule has 0 aliphatic carbocycles. The Morgan fingerprint density at radius 2 is 2.27 bits per heavy atom. The lowest BCUT2D eigenvalue weighted by atomic mass is 10.2. The second-order valence-electron chi connectivity index (χ2n) is 3.33. The highest BCUT2D eigenvalue weighted by Crippen LogP contribution is 2.31. The topological polar surface area (TPSA) is 64.1 Å². The van der Waals surface area contributed by atoms with Gasteiger partial charge in [0.2, 0.25) is 0 Å². The van der Waals surface area contributed by atoms with Crippen molar-refractivity contribution in [2.75, 3.05) is 6.54 Å². The summed E-state index contributed by atoms with van der Waals surface area (Å²) in [5.41, 5.74) is 6.24. The van der Waals surface area contributed by atoms with Crippen LogP contribution in [0.5, 0.6) is 5.75 Å². The van der Waals surface area contributed by atoms with Crippen molar-refractivity contribution in [1.82, 2.24) is 9.78 Å². The van der Waals surface area contributed by atoms with E-state index in [4.69, 9.17) is 5.73 Å². The number of phenolic OH excluding ortho intramolecular Hbond substituents is 1. The summed E-state index contributed by atoms with van der Waals surface area (Å²) in [5.74, 6) is 0.248. The number of aromatic hydroxyl groups is 1. The highest BCUT2D eigenvalue weighted by atomic mass is 79.9. The third kappa shape index (κ3) is 1.85. The molecule has 2 aromatic rings. The summed E-state index contributed by atoms with van der Waals surface area (Å²) in [5, 5.41) is 14.8. The van der Waals surface area contributed by atoms with E-state index in [1.165, 1.54) is 0 Å². The zero-order chi connectivity index (χ0) is 10.8. The Bertz CT molecular complexity index is 481. The number of aryl methyl sites for hydroxylation is 1. The van der Waals surface area contributed by atoms with Crippen molar-refractivity contribution in [1.29, 1.82) is 0 Å². The minimum atomic E-state index is 0.248. The molecule has 0 radical (unpaired) electrons. The van der Waals surface area contributed by atoms with E-state index < -0.39 is 0 Å². The van der Waals surface area contributed by atoms with Crippen LogP contribution < -0.4 is 5.73 Å². The number of aromatic nitrogens is 2. The SMILES string of the molecule is NCCCn1nc2cccc(O)c2c1Br. The average molecular weight is 270 g/mol. The van der Waals surface area contributed by atoms with Crippen LogP contribution in [0.2, 0.25) is 0 Å². The van der Waals surface area contributed by atoms with Crippen molar-refractivity contribution in [3.05, 3.63) is 22.8 Å². The first-order chi connectivity index (χ1) is 7.24. The summed E-state index contributed by atoms with van der Waals surface area (Å²) in [6, 6.07) is 5.31. The monoisotopic (exact) mass is 269 g/mol. The molecule has 0 atom stereocenters. The van der Waals surface area contributed by atoms with Crippen LogP contribution in [0.4, 0.5) is 0 Å². The van der Waals surface area contributed by atoms with Gasteiger partial charge in [0.25, 0.3) is 0 Å². The molecule has 2 rings (SSSR count). The molecule has 0 bridgehead atoms. The average Bonchev–Trinajstić information content (AvgIpc) is 2.54. The van der Waals surface area contributed by atoms with Gasteiger partial charge in [0.05, 0.1) is 10.9 Å². The van der Waals surface area contributed by atoms with Crippen molar-refractivity contribution in [2.24, 2.45) is 5.73 Å². The Labute approximate surface area is 95.8 Å². The molecule has 1 aromatic heterocycles. The van der Waals surface area contributed by atoms with E-state index in [0.29, 0.717) is 6.54 Å². The summed E-state index contributed by atoms with van der Waals surface area (Å²) < 4.78 is 2.63. The fraction of sp³-hybridized carbons (Fsp3) is 0.300. The van der Waals surface area contributed by atoms with E-state index in [9.17, 15) is 5.11 Å². The quantitative estimate of drug-likeness (QED) is 0.894. The largest absolute Gasteiger partial charge is 0.507 e. The number of benzene rings is 1. The molecule has 1 aromatic carbocycles. The molecule has 0 spiro atoms. The highest BCUT2D eigenvalue weighted by Gasteiger charge is 2.11. The molecule has 0 amide bonds. The Morgan fingerprint density at radius 1 is 1.47 bits per heavy atom. The maximum absolute atomic E-state index is 9.68. The Hall–Kier alpha value is -1.07. The number of hydrogen-bond donors (Lipinski definition) is 2. The van der Waals surface area contributed by atoms with Crippen molar-refractivity contribution in [2.45, 2.75) is 13.0 Å². The van der Waals surface area contributed by atoms with E-state index in [0.717, 1.165) is 28.5 Å². The van der Waals surface area contributed by atoms with Crippen LogP contribution >= 0.6 is 15.9 Å². The summed E-state index contributed by atoms with van der Waals surface area (Å²) in [7, 11) is 0. The molecule has 5 heteroatoms. The van der Waals surface area contributed by atoms with E-state index >= 15 is 0 Å². The Morgan fingerprint density at radius 3 is 2.93 bits per heavy atom. The third-order valence-corrected chi connectivity index (χ3v) is 3.06. The predicted molar refractivity (Wildman–Crippen MR) is 62.8 cm³/mol. The molecule has 0 aliphatic heterocycles. The fourth-order valence-corrected chi connectivity index (χ4v) is 2.18. The van der Waals surface area contributed by atoms with Gasteiger partial charge in [0.15, 0.2) is 0 Å². The Balaban J connectivity index is 2.50. The van der Waals surface area contributed by atoms with Crippen LogP contribution in [0.15, 0.2) is 22.8 Å². The minimum Gasteiger partial charge on any atom is -0.507 e.